The number of carbonyl (C=O) groups excluding carboxylic acids is 3. The summed E-state index contributed by atoms with van der Waals surface area (Å²) >= 11 is 1.22. The van der Waals surface area contributed by atoms with Gasteiger partial charge in [-0.3, -0.25) is 14.5 Å². The Morgan fingerprint density at radius 1 is 0.975 bits per heavy atom. The zero-order valence-electron chi connectivity index (χ0n) is 21.4. The lowest BCUT2D eigenvalue weighted by molar-refractivity contribution is -0.132. The molecule has 2 aliphatic heterocycles. The van der Waals surface area contributed by atoms with Gasteiger partial charge in [0.25, 0.3) is 5.78 Å². The average Bonchev–Trinajstić information content (AvgIpc) is 3.53. The molecule has 1 N–H and O–H groups in total. The van der Waals surface area contributed by atoms with Gasteiger partial charge < -0.3 is 24.1 Å². The summed E-state index contributed by atoms with van der Waals surface area (Å²) < 4.78 is 22.1. The highest BCUT2D eigenvalue weighted by Gasteiger charge is 2.48. The minimum Gasteiger partial charge on any atom is -0.507 e. The van der Waals surface area contributed by atoms with Crippen molar-refractivity contribution in [2.45, 2.75) is 6.04 Å². The normalized spacial score (nSPS) is 17.8. The average molecular weight is 559 g/mol. The Hall–Kier alpha value is -4.90. The summed E-state index contributed by atoms with van der Waals surface area (Å²) in [6.45, 7) is 0.746. The SMILES string of the molecule is COC(=O)c1ccc(C2C(=C(O)c3ccc4c(c3)OCCO4)C(=O)C(=O)N2c2nc3ccc(OC)cc3s2)cc1. The Labute approximate surface area is 232 Å². The van der Waals surface area contributed by atoms with Gasteiger partial charge in [0.2, 0.25) is 0 Å². The van der Waals surface area contributed by atoms with E-state index in [0.29, 0.717) is 47.1 Å². The third kappa shape index (κ3) is 4.20. The maximum atomic E-state index is 13.5. The molecule has 2 aliphatic rings. The number of aromatic nitrogens is 1. The Balaban J connectivity index is 1.52. The van der Waals surface area contributed by atoms with E-state index in [1.165, 1.54) is 35.5 Å². The van der Waals surface area contributed by atoms with Crippen LogP contribution in [0, 0.1) is 0 Å². The van der Waals surface area contributed by atoms with Crippen molar-refractivity contribution in [3.63, 3.8) is 0 Å². The standard InChI is InChI=1S/C29H22N2O8S/c1-36-18-8-9-19-22(14-18)40-29(30-19)31-24(15-3-5-16(6-4-15)28(35)37-2)23(26(33)27(31)34)25(32)17-7-10-20-21(13-17)39-12-11-38-20/h3-10,13-14,24,32H,11-12H2,1-2H3. The zero-order valence-corrected chi connectivity index (χ0v) is 22.2. The topological polar surface area (TPSA) is 124 Å². The van der Waals surface area contributed by atoms with Crippen molar-refractivity contribution < 1.29 is 38.4 Å². The fraction of sp³-hybridized carbons (Fsp3) is 0.172. The summed E-state index contributed by atoms with van der Waals surface area (Å²) in [5.41, 5.74) is 1.57. The van der Waals surface area contributed by atoms with Crippen LogP contribution < -0.4 is 19.1 Å². The lowest BCUT2D eigenvalue weighted by atomic mass is 9.94. The molecule has 3 aromatic carbocycles. The minimum atomic E-state index is -1.03. The summed E-state index contributed by atoms with van der Waals surface area (Å²) in [4.78, 5) is 45.0. The Morgan fingerprint density at radius 2 is 1.70 bits per heavy atom. The van der Waals surface area contributed by atoms with Gasteiger partial charge in [0.1, 0.15) is 24.7 Å². The van der Waals surface area contributed by atoms with Gasteiger partial charge in [-0.15, -0.1) is 0 Å². The van der Waals surface area contributed by atoms with Gasteiger partial charge in [-0.05, 0) is 54.1 Å². The molecule has 4 aromatic rings. The molecule has 0 bridgehead atoms. The molecule has 0 aliphatic carbocycles. The van der Waals surface area contributed by atoms with Gasteiger partial charge in [0.05, 0.1) is 41.6 Å². The van der Waals surface area contributed by atoms with E-state index in [-0.39, 0.29) is 22.0 Å². The molecule has 1 atom stereocenters. The van der Waals surface area contributed by atoms with Gasteiger partial charge in [0.15, 0.2) is 16.6 Å². The zero-order chi connectivity index (χ0) is 28.0. The van der Waals surface area contributed by atoms with Crippen LogP contribution in [0.4, 0.5) is 5.13 Å². The molecule has 0 saturated carbocycles. The number of esters is 1. The maximum absolute atomic E-state index is 13.5. The molecule has 0 radical (unpaired) electrons. The van der Waals surface area contributed by atoms with Crippen molar-refractivity contribution in [2.75, 3.05) is 32.3 Å². The molecule has 1 aromatic heterocycles. The first kappa shape index (κ1) is 25.4. The second-order valence-corrected chi connectivity index (χ2v) is 9.98. The molecule has 0 spiro atoms. The first-order valence-electron chi connectivity index (χ1n) is 12.2. The molecule has 1 fully saturated rings. The number of amides is 1. The number of thiazole rings is 1. The van der Waals surface area contributed by atoms with Crippen molar-refractivity contribution in [3.8, 4) is 17.2 Å². The van der Waals surface area contributed by atoms with Crippen LogP contribution in [-0.4, -0.2) is 55.2 Å². The number of rotatable bonds is 5. The fourth-order valence-electron chi connectivity index (χ4n) is 4.73. The summed E-state index contributed by atoms with van der Waals surface area (Å²) in [5.74, 6) is -1.05. The van der Waals surface area contributed by atoms with Crippen LogP contribution in [0.3, 0.4) is 0 Å². The van der Waals surface area contributed by atoms with Crippen molar-refractivity contribution in [1.29, 1.82) is 0 Å². The molecule has 1 saturated heterocycles. The van der Waals surface area contributed by atoms with Gasteiger partial charge >= 0.3 is 11.9 Å². The predicted octanol–water partition coefficient (Wildman–Crippen LogP) is 4.49. The number of nitrogens with zero attached hydrogens (tertiary/aromatic N) is 2. The van der Waals surface area contributed by atoms with E-state index in [0.717, 1.165) is 4.70 Å². The van der Waals surface area contributed by atoms with Crippen LogP contribution in [0.2, 0.25) is 0 Å². The molecule has 11 heteroatoms. The molecular weight excluding hydrogens is 536 g/mol. The van der Waals surface area contributed by atoms with E-state index in [9.17, 15) is 19.5 Å². The number of carbonyl (C=O) groups is 3. The molecule has 3 heterocycles. The molecule has 202 valence electrons. The number of anilines is 1. The van der Waals surface area contributed by atoms with E-state index in [1.54, 1.807) is 55.6 Å². The van der Waals surface area contributed by atoms with E-state index < -0.39 is 23.7 Å². The van der Waals surface area contributed by atoms with E-state index >= 15 is 0 Å². The lowest BCUT2D eigenvalue weighted by Crippen LogP contribution is -2.29. The number of hydrogen-bond donors (Lipinski definition) is 1. The summed E-state index contributed by atoms with van der Waals surface area (Å²) in [5, 5.41) is 11.7. The van der Waals surface area contributed by atoms with Crippen LogP contribution in [0.5, 0.6) is 17.2 Å². The number of benzene rings is 3. The van der Waals surface area contributed by atoms with Crippen LogP contribution in [0.15, 0.2) is 66.2 Å². The maximum Gasteiger partial charge on any atom is 0.337 e. The third-order valence-corrected chi connectivity index (χ3v) is 7.72. The number of fused-ring (bicyclic) bond motifs is 2. The predicted molar refractivity (Wildman–Crippen MR) is 146 cm³/mol. The van der Waals surface area contributed by atoms with Crippen LogP contribution in [0.1, 0.15) is 27.5 Å². The van der Waals surface area contributed by atoms with E-state index in [2.05, 4.69) is 4.98 Å². The highest BCUT2D eigenvalue weighted by molar-refractivity contribution is 7.22. The first-order chi connectivity index (χ1) is 19.4. The van der Waals surface area contributed by atoms with Crippen LogP contribution >= 0.6 is 11.3 Å². The van der Waals surface area contributed by atoms with Crippen molar-refractivity contribution in [2.24, 2.45) is 0 Å². The van der Waals surface area contributed by atoms with Gasteiger partial charge in [-0.2, -0.15) is 0 Å². The summed E-state index contributed by atoms with van der Waals surface area (Å²) in [7, 11) is 2.83. The first-order valence-corrected chi connectivity index (χ1v) is 13.0. The number of aliphatic hydroxyl groups excluding tert-OH is 1. The molecule has 10 nitrogen and oxygen atoms in total. The van der Waals surface area contributed by atoms with E-state index in [4.69, 9.17) is 18.9 Å². The number of methoxy groups -OCH3 is 2. The van der Waals surface area contributed by atoms with Crippen molar-refractivity contribution >= 4 is 50.1 Å². The smallest absolute Gasteiger partial charge is 0.337 e. The van der Waals surface area contributed by atoms with Crippen LogP contribution in [-0.2, 0) is 14.3 Å². The van der Waals surface area contributed by atoms with Gasteiger partial charge in [0, 0.05) is 5.56 Å². The Kier molecular flexibility index (Phi) is 6.35. The lowest BCUT2D eigenvalue weighted by Gasteiger charge is -2.23. The number of ether oxygens (including phenoxy) is 4. The molecule has 40 heavy (non-hydrogen) atoms. The van der Waals surface area contributed by atoms with E-state index in [1.807, 2.05) is 0 Å². The highest BCUT2D eigenvalue weighted by Crippen LogP contribution is 2.45. The second-order valence-electron chi connectivity index (χ2n) is 8.97. The Morgan fingerprint density at radius 3 is 2.42 bits per heavy atom. The molecule has 6 rings (SSSR count). The summed E-state index contributed by atoms with van der Waals surface area (Å²) in [6, 6.07) is 15.4. The van der Waals surface area contributed by atoms with Gasteiger partial charge in [-0.1, -0.05) is 23.5 Å². The quantitative estimate of drug-likeness (QED) is 0.163. The monoisotopic (exact) mass is 558 g/mol. The van der Waals surface area contributed by atoms with Crippen molar-refractivity contribution in [3.05, 3.63) is 82.9 Å². The molecule has 1 unspecified atom stereocenters. The molecule has 1 amide bonds. The van der Waals surface area contributed by atoms with Crippen molar-refractivity contribution in [1.82, 2.24) is 4.98 Å². The third-order valence-electron chi connectivity index (χ3n) is 6.70. The minimum absolute atomic E-state index is 0.121. The fourth-order valence-corrected chi connectivity index (χ4v) is 5.75. The molecular formula is C29H22N2O8S. The number of hydrogen-bond acceptors (Lipinski definition) is 10. The van der Waals surface area contributed by atoms with Crippen LogP contribution in [0.25, 0.3) is 16.0 Å². The second kappa shape index (κ2) is 10.0. The number of Topliss-reactive ketones (excluding diaryl/α,β-unsaturated/α-hetero) is 1. The highest BCUT2D eigenvalue weighted by atomic mass is 32.1. The Bertz CT molecular complexity index is 1710. The number of ketones is 1. The van der Waals surface area contributed by atoms with Gasteiger partial charge in [-0.25, -0.2) is 9.78 Å². The summed E-state index contributed by atoms with van der Waals surface area (Å²) in [6.07, 6.45) is 0. The number of aliphatic hydroxyl groups is 1. The largest absolute Gasteiger partial charge is 0.507 e.